The molecule has 1 saturated carbocycles. The largest absolute Gasteiger partial charge is 0.309 e. The molecule has 0 atom stereocenters. The highest BCUT2D eigenvalue weighted by atomic mass is 32.1. The van der Waals surface area contributed by atoms with Gasteiger partial charge >= 0.3 is 0 Å². The molecule has 0 spiro atoms. The first-order valence-corrected chi connectivity index (χ1v) is 7.06. The van der Waals surface area contributed by atoms with Gasteiger partial charge in [-0.2, -0.15) is 0 Å². The third-order valence-electron chi connectivity index (χ3n) is 3.29. The van der Waals surface area contributed by atoms with Crippen molar-refractivity contribution < 1.29 is 0 Å². The summed E-state index contributed by atoms with van der Waals surface area (Å²) in [5.74, 6) is 0. The van der Waals surface area contributed by atoms with E-state index in [-0.39, 0.29) is 0 Å². The summed E-state index contributed by atoms with van der Waals surface area (Å²) < 4.78 is 0. The summed E-state index contributed by atoms with van der Waals surface area (Å²) in [6.07, 6.45) is 8.21. The Balaban J connectivity index is 1.76. The van der Waals surface area contributed by atoms with Gasteiger partial charge in [-0.25, -0.2) is 0 Å². The van der Waals surface area contributed by atoms with Crippen molar-refractivity contribution in [2.24, 2.45) is 0 Å². The molecule has 0 unspecified atom stereocenters. The molecule has 1 fully saturated rings. The third kappa shape index (κ3) is 3.32. The first-order valence-electron chi connectivity index (χ1n) is 6.18. The molecular weight excluding hydrogens is 202 g/mol. The Hall–Kier alpha value is -0.340. The van der Waals surface area contributed by atoms with Crippen LogP contribution in [0.4, 0.5) is 0 Å². The van der Waals surface area contributed by atoms with Crippen LogP contribution in [0.1, 0.15) is 49.5 Å². The zero-order valence-corrected chi connectivity index (χ0v) is 10.4. The van der Waals surface area contributed by atoms with Gasteiger partial charge in [0.2, 0.25) is 0 Å². The van der Waals surface area contributed by atoms with E-state index in [4.69, 9.17) is 0 Å². The molecule has 0 amide bonds. The van der Waals surface area contributed by atoms with E-state index in [9.17, 15) is 0 Å². The molecule has 1 aliphatic rings. The molecular formula is C13H21NS. The first kappa shape index (κ1) is 11.2. The Morgan fingerprint density at radius 3 is 2.80 bits per heavy atom. The molecule has 2 rings (SSSR count). The maximum Gasteiger partial charge on any atom is 0.0302 e. The van der Waals surface area contributed by atoms with Crippen LogP contribution >= 0.6 is 11.3 Å². The maximum absolute atomic E-state index is 3.69. The lowest BCUT2D eigenvalue weighted by atomic mass is 9.95. The average molecular weight is 223 g/mol. The number of hydrogen-bond acceptors (Lipinski definition) is 2. The quantitative estimate of drug-likeness (QED) is 0.820. The standard InChI is InChI=1S/C13H21NS/c1-2-11-8-13(15-10-11)9-14-12-6-4-3-5-7-12/h8,10,12,14H,2-7,9H2,1H3. The molecule has 0 aromatic carbocycles. The van der Waals surface area contributed by atoms with Gasteiger partial charge < -0.3 is 5.32 Å². The SMILES string of the molecule is CCc1csc(CNC2CCCCC2)c1. The van der Waals surface area contributed by atoms with Crippen LogP contribution in [0.5, 0.6) is 0 Å². The Bertz CT molecular complexity index is 286. The van der Waals surface area contributed by atoms with Crippen molar-refractivity contribution in [3.63, 3.8) is 0 Å². The first-order chi connectivity index (χ1) is 7.38. The lowest BCUT2D eigenvalue weighted by Crippen LogP contribution is -2.30. The highest BCUT2D eigenvalue weighted by Crippen LogP contribution is 2.19. The molecule has 0 saturated heterocycles. The zero-order chi connectivity index (χ0) is 10.5. The van der Waals surface area contributed by atoms with Crippen LogP contribution < -0.4 is 5.32 Å². The zero-order valence-electron chi connectivity index (χ0n) is 9.59. The molecule has 1 nitrogen and oxygen atoms in total. The van der Waals surface area contributed by atoms with Crippen LogP contribution in [0.15, 0.2) is 11.4 Å². The van der Waals surface area contributed by atoms with Crippen LogP contribution in [0.2, 0.25) is 0 Å². The van der Waals surface area contributed by atoms with E-state index in [0.717, 1.165) is 12.6 Å². The lowest BCUT2D eigenvalue weighted by Gasteiger charge is -2.22. The second kappa shape index (κ2) is 5.66. The number of nitrogens with one attached hydrogen (secondary N) is 1. The number of hydrogen-bond donors (Lipinski definition) is 1. The minimum absolute atomic E-state index is 0.783. The monoisotopic (exact) mass is 223 g/mol. The highest BCUT2D eigenvalue weighted by molar-refractivity contribution is 7.10. The molecule has 1 aromatic rings. The van der Waals surface area contributed by atoms with Crippen LogP contribution in [-0.2, 0) is 13.0 Å². The van der Waals surface area contributed by atoms with Crippen LogP contribution in [0.3, 0.4) is 0 Å². The van der Waals surface area contributed by atoms with Gasteiger partial charge in [0.25, 0.3) is 0 Å². The van der Waals surface area contributed by atoms with Crippen molar-refractivity contribution in [2.45, 2.75) is 58.0 Å². The maximum atomic E-state index is 3.69. The fourth-order valence-electron chi connectivity index (χ4n) is 2.26. The number of thiophene rings is 1. The van der Waals surface area contributed by atoms with Gasteiger partial charge in [0.05, 0.1) is 0 Å². The van der Waals surface area contributed by atoms with Gasteiger partial charge in [0.15, 0.2) is 0 Å². The van der Waals surface area contributed by atoms with Gasteiger partial charge in [-0.3, -0.25) is 0 Å². The van der Waals surface area contributed by atoms with Gasteiger partial charge in [0, 0.05) is 17.5 Å². The lowest BCUT2D eigenvalue weighted by molar-refractivity contribution is 0.373. The molecule has 1 N–H and O–H groups in total. The van der Waals surface area contributed by atoms with Crippen LogP contribution in [0.25, 0.3) is 0 Å². The summed E-state index contributed by atoms with van der Waals surface area (Å²) in [5.41, 5.74) is 1.49. The Morgan fingerprint density at radius 1 is 1.33 bits per heavy atom. The summed E-state index contributed by atoms with van der Waals surface area (Å²) >= 11 is 1.90. The molecule has 1 aliphatic carbocycles. The second-order valence-corrected chi connectivity index (χ2v) is 5.49. The Labute approximate surface area is 96.9 Å². The fourth-order valence-corrected chi connectivity index (χ4v) is 3.18. The summed E-state index contributed by atoms with van der Waals surface area (Å²) in [6.45, 7) is 3.30. The molecule has 0 aliphatic heterocycles. The van der Waals surface area contributed by atoms with Crippen molar-refractivity contribution in [1.82, 2.24) is 5.32 Å². The van der Waals surface area contributed by atoms with E-state index in [2.05, 4.69) is 23.7 Å². The summed E-state index contributed by atoms with van der Waals surface area (Å²) in [7, 11) is 0. The van der Waals surface area contributed by atoms with Gasteiger partial charge in [-0.05, 0) is 36.3 Å². The van der Waals surface area contributed by atoms with E-state index >= 15 is 0 Å². The molecule has 0 bridgehead atoms. The molecule has 0 radical (unpaired) electrons. The van der Waals surface area contributed by atoms with E-state index in [1.807, 2.05) is 11.3 Å². The Kier molecular flexibility index (Phi) is 4.21. The molecule has 15 heavy (non-hydrogen) atoms. The van der Waals surface area contributed by atoms with Crippen molar-refractivity contribution in [1.29, 1.82) is 0 Å². The van der Waals surface area contributed by atoms with Gasteiger partial charge in [0.1, 0.15) is 0 Å². The van der Waals surface area contributed by atoms with Gasteiger partial charge in [-0.1, -0.05) is 26.2 Å². The van der Waals surface area contributed by atoms with Crippen molar-refractivity contribution in [2.75, 3.05) is 0 Å². The second-order valence-electron chi connectivity index (χ2n) is 4.49. The average Bonchev–Trinajstić information content (AvgIpc) is 2.76. The molecule has 1 heterocycles. The minimum Gasteiger partial charge on any atom is -0.309 e. The van der Waals surface area contributed by atoms with Crippen LogP contribution in [0, 0.1) is 0 Å². The van der Waals surface area contributed by atoms with E-state index in [1.165, 1.54) is 49.0 Å². The third-order valence-corrected chi connectivity index (χ3v) is 4.27. The smallest absolute Gasteiger partial charge is 0.0302 e. The predicted octanol–water partition coefficient (Wildman–Crippen LogP) is 3.73. The van der Waals surface area contributed by atoms with Crippen molar-refractivity contribution >= 4 is 11.3 Å². The topological polar surface area (TPSA) is 12.0 Å². The van der Waals surface area contributed by atoms with E-state index in [1.54, 1.807) is 0 Å². The van der Waals surface area contributed by atoms with Gasteiger partial charge in [-0.15, -0.1) is 11.3 Å². The molecule has 2 heteroatoms. The van der Waals surface area contributed by atoms with E-state index in [0.29, 0.717) is 0 Å². The molecule has 84 valence electrons. The normalized spacial score (nSPS) is 18.2. The van der Waals surface area contributed by atoms with Crippen molar-refractivity contribution in [3.8, 4) is 0 Å². The number of aryl methyl sites for hydroxylation is 1. The Morgan fingerprint density at radius 2 is 2.13 bits per heavy atom. The summed E-state index contributed by atoms with van der Waals surface area (Å²) in [4.78, 5) is 1.50. The number of rotatable bonds is 4. The van der Waals surface area contributed by atoms with Crippen LogP contribution in [-0.4, -0.2) is 6.04 Å². The van der Waals surface area contributed by atoms with Crippen molar-refractivity contribution in [3.05, 3.63) is 21.9 Å². The minimum atomic E-state index is 0.783. The summed E-state index contributed by atoms with van der Waals surface area (Å²) in [5, 5.41) is 5.98. The molecule has 1 aromatic heterocycles. The fraction of sp³-hybridized carbons (Fsp3) is 0.692. The summed E-state index contributed by atoms with van der Waals surface area (Å²) in [6, 6.07) is 3.13. The van der Waals surface area contributed by atoms with E-state index < -0.39 is 0 Å². The predicted molar refractivity (Wildman–Crippen MR) is 67.4 cm³/mol. The highest BCUT2D eigenvalue weighted by Gasteiger charge is 2.12.